The van der Waals surface area contributed by atoms with E-state index in [1.54, 1.807) is 0 Å². The zero-order valence-corrected chi connectivity index (χ0v) is 16.4. The number of benzene rings is 1. The van der Waals surface area contributed by atoms with Gasteiger partial charge in [0.05, 0.1) is 27.5 Å². The summed E-state index contributed by atoms with van der Waals surface area (Å²) in [5, 5.41) is 79.7. The van der Waals surface area contributed by atoms with Gasteiger partial charge in [0.2, 0.25) is 0 Å². The molecule has 32 heavy (non-hydrogen) atoms. The second-order valence-electron chi connectivity index (χ2n) is 7.10. The summed E-state index contributed by atoms with van der Waals surface area (Å²) >= 11 is 0. The smallest absolute Gasteiger partial charge is 0.188 e. The molecule has 1 aromatic carbocycles. The number of hydrogen-bond acceptors (Lipinski definition) is 12. The molecule has 0 radical (unpaired) electrons. The first kappa shape index (κ1) is 17.7. The molecule has 2 saturated heterocycles. The molecule has 2 aliphatic rings. The fraction of sp³-hybridized carbons (Fsp3) is 0.650. The lowest BCUT2D eigenvalue weighted by atomic mass is 9.98. The van der Waals surface area contributed by atoms with Gasteiger partial charge in [0.1, 0.15) is 48.8 Å². The van der Waals surface area contributed by atoms with Gasteiger partial charge in [-0.05, 0) is 5.56 Å². The van der Waals surface area contributed by atoms with E-state index in [1.165, 1.54) is 6.07 Å². The van der Waals surface area contributed by atoms with Gasteiger partial charge >= 0.3 is 0 Å². The van der Waals surface area contributed by atoms with Crippen LogP contribution < -0.4 is 0 Å². The Kier molecular flexibility index (Phi) is 6.05. The second-order valence-corrected chi connectivity index (χ2v) is 7.10. The lowest BCUT2D eigenvalue weighted by Crippen LogP contribution is -2.61. The third-order valence-corrected chi connectivity index (χ3v) is 5.00. The lowest BCUT2D eigenvalue weighted by Gasteiger charge is -2.43. The Hall–Kier alpha value is -1.73. The molecule has 12 heteroatoms. The molecule has 0 aromatic heterocycles. The third kappa shape index (κ3) is 5.25. The first-order valence-corrected chi connectivity index (χ1v) is 9.48. The van der Waals surface area contributed by atoms with Gasteiger partial charge in [0.15, 0.2) is 18.7 Å². The summed E-state index contributed by atoms with van der Waals surface area (Å²) in [5.74, 6) is 0. The molecule has 0 amide bonds. The van der Waals surface area contributed by atoms with Gasteiger partial charge in [0.25, 0.3) is 0 Å². The van der Waals surface area contributed by atoms with Crippen LogP contribution in [-0.4, -0.2) is 110 Å². The maximum Gasteiger partial charge on any atom is 0.188 e. The number of aliphatic hydroxyl groups excluding tert-OH is 7. The molecule has 2 aliphatic heterocycles. The van der Waals surface area contributed by atoms with E-state index < -0.39 is 116 Å². The van der Waals surface area contributed by atoms with Crippen LogP contribution >= 0.6 is 0 Å². The predicted molar refractivity (Wildman–Crippen MR) is 102 cm³/mol. The van der Waals surface area contributed by atoms with E-state index in [-0.39, 0.29) is 0 Å². The summed E-state index contributed by atoms with van der Waals surface area (Å²) in [6, 6.07) is -3.02. The van der Waals surface area contributed by atoms with Crippen molar-refractivity contribution < 1.29 is 62.9 Å². The predicted octanol–water partition coefficient (Wildman–Crippen LogP) is -3.11. The molecule has 0 aliphatic carbocycles. The highest BCUT2D eigenvalue weighted by molar-refractivity contribution is 5.22. The van der Waals surface area contributed by atoms with Crippen molar-refractivity contribution in [2.45, 2.75) is 67.5 Å². The Morgan fingerprint density at radius 2 is 1.47 bits per heavy atom. The van der Waals surface area contributed by atoms with Gasteiger partial charge < -0.3 is 54.7 Å². The van der Waals surface area contributed by atoms with Crippen LogP contribution in [0, 0.1) is 11.3 Å². The zero-order valence-electron chi connectivity index (χ0n) is 22.4. The van der Waals surface area contributed by atoms with Crippen LogP contribution in [0.25, 0.3) is 0 Å². The topological polar surface area (TPSA) is 202 Å². The van der Waals surface area contributed by atoms with E-state index in [0.29, 0.717) is 0 Å². The first-order chi connectivity index (χ1) is 17.7. The molecular weight excluding hydrogens is 430 g/mol. The number of ether oxygens (including phenoxy) is 4. The van der Waals surface area contributed by atoms with Crippen LogP contribution in [0.2, 0.25) is 0 Å². The minimum absolute atomic E-state index is 0.723. The average Bonchev–Trinajstić information content (AvgIpc) is 2.90. The van der Waals surface area contributed by atoms with E-state index in [0.717, 1.165) is 0 Å². The normalized spacial score (nSPS) is 44.7. The molecule has 0 saturated carbocycles. The Morgan fingerprint density at radius 3 is 2.06 bits per heavy atom. The van der Waals surface area contributed by atoms with Gasteiger partial charge in [0, 0.05) is 0 Å². The van der Waals surface area contributed by atoms with Gasteiger partial charge in [-0.25, -0.2) is 0 Å². The maximum absolute atomic E-state index is 10.4. The largest absolute Gasteiger partial charge is 0.394 e. The van der Waals surface area contributed by atoms with Crippen molar-refractivity contribution in [1.82, 2.24) is 0 Å². The van der Waals surface area contributed by atoms with Crippen LogP contribution in [0.1, 0.15) is 19.9 Å². The summed E-state index contributed by atoms with van der Waals surface area (Å²) in [4.78, 5) is 0. The summed E-state index contributed by atoms with van der Waals surface area (Å²) in [6.45, 7) is -1.47. The number of nitrogens with zero attached hydrogens (tertiary/aromatic N) is 1. The molecule has 11 atom stereocenters. The highest BCUT2D eigenvalue weighted by Crippen LogP contribution is 2.28. The summed E-state index contributed by atoms with van der Waals surface area (Å²) < 4.78 is 68.6. The van der Waals surface area contributed by atoms with Crippen LogP contribution in [0.5, 0.6) is 0 Å². The molecule has 2 heterocycles. The number of rotatable bonds is 7. The van der Waals surface area contributed by atoms with Crippen molar-refractivity contribution >= 4 is 0 Å². The van der Waals surface area contributed by atoms with E-state index in [1.807, 2.05) is 0 Å². The van der Waals surface area contributed by atoms with Gasteiger partial charge in [-0.1, -0.05) is 30.2 Å². The Morgan fingerprint density at radius 1 is 0.906 bits per heavy atom. The molecule has 1 aromatic rings. The average molecular weight is 463 g/mol. The molecule has 3 rings (SSSR count). The molecular formula is C20H27NO11. The van der Waals surface area contributed by atoms with Crippen molar-refractivity contribution in [3.63, 3.8) is 0 Å². The van der Waals surface area contributed by atoms with Crippen LogP contribution in [-0.2, 0) is 18.9 Å². The Bertz CT molecular complexity index is 1030. The van der Waals surface area contributed by atoms with Gasteiger partial charge in [-0.2, -0.15) is 5.26 Å². The number of aliphatic hydroxyl groups is 7. The first-order valence-electron chi connectivity index (χ1n) is 12.5. The Labute approximate surface area is 191 Å². The lowest BCUT2D eigenvalue weighted by molar-refractivity contribution is -0.334. The fourth-order valence-corrected chi connectivity index (χ4v) is 3.17. The highest BCUT2D eigenvalue weighted by atomic mass is 16.7. The summed E-state index contributed by atoms with van der Waals surface area (Å²) in [7, 11) is 0. The molecule has 7 N–H and O–H groups in total. The standard InChI is InChI=1S/C20H27NO11/c21-6-10(9-4-2-1-3-5-9)30-20-18(28)16(26)14(24)12(32-20)8-29-19-17(27)15(25)13(23)11(7-22)31-19/h1-5,10-20,22-28H,7-8H2/t10?,11-,12-,13-,14-,15+,16+,17-,18-,19-,20?/m1/s1/i1D,2D,3D,4D,5D,10D. The third-order valence-electron chi connectivity index (χ3n) is 5.00. The molecule has 12 nitrogen and oxygen atoms in total. The van der Waals surface area contributed by atoms with Gasteiger partial charge in [-0.15, -0.1) is 0 Å². The molecule has 0 bridgehead atoms. The van der Waals surface area contributed by atoms with E-state index in [2.05, 4.69) is 0 Å². The monoisotopic (exact) mass is 463 g/mol. The summed E-state index contributed by atoms with van der Waals surface area (Å²) in [6.07, 6.45) is -20.9. The number of hydrogen-bond donors (Lipinski definition) is 7. The van der Waals surface area contributed by atoms with E-state index in [4.69, 9.17) is 27.2 Å². The Balaban J connectivity index is 1.83. The maximum atomic E-state index is 10.4. The molecule has 178 valence electrons. The number of nitriles is 1. The van der Waals surface area contributed by atoms with E-state index >= 15 is 0 Å². The van der Waals surface area contributed by atoms with E-state index in [9.17, 15) is 41.0 Å². The highest BCUT2D eigenvalue weighted by Gasteiger charge is 2.48. The minimum atomic E-state index is -3.05. The minimum Gasteiger partial charge on any atom is -0.394 e. The molecule has 2 unspecified atom stereocenters. The van der Waals surface area contributed by atoms with Crippen LogP contribution in [0.4, 0.5) is 0 Å². The molecule has 2 fully saturated rings. The van der Waals surface area contributed by atoms with Crippen molar-refractivity contribution in [3.05, 3.63) is 35.8 Å². The van der Waals surface area contributed by atoms with Crippen LogP contribution in [0.15, 0.2) is 30.2 Å². The molecule has 0 spiro atoms. The van der Waals surface area contributed by atoms with Crippen molar-refractivity contribution in [1.29, 1.82) is 5.26 Å². The zero-order chi connectivity index (χ0) is 28.7. The summed E-state index contributed by atoms with van der Waals surface area (Å²) in [5.41, 5.74) is -0.892. The van der Waals surface area contributed by atoms with Crippen molar-refractivity contribution in [2.24, 2.45) is 0 Å². The van der Waals surface area contributed by atoms with Crippen molar-refractivity contribution in [2.75, 3.05) is 13.2 Å². The SMILES string of the molecule is [2H]c1c([2H])c([2H])c(C([2H])(C#N)OC2O[C@H](CO[C@@H]3O[C@H](CO)[C@@H](O)[C@H](O)[C@H]3O)[C@@H](O)[C@H](O)[C@H]2O)c([2H])c1[2H]. The van der Waals surface area contributed by atoms with Crippen LogP contribution in [0.3, 0.4) is 0 Å². The quantitative estimate of drug-likeness (QED) is 0.215. The fourth-order valence-electron chi connectivity index (χ4n) is 3.17. The van der Waals surface area contributed by atoms with Gasteiger partial charge in [-0.3, -0.25) is 0 Å². The van der Waals surface area contributed by atoms with Crippen molar-refractivity contribution in [3.8, 4) is 6.07 Å². The second kappa shape index (κ2) is 10.9.